The zero-order valence-electron chi connectivity index (χ0n) is 19.3. The van der Waals surface area contributed by atoms with Crippen molar-refractivity contribution in [2.75, 3.05) is 46.4 Å². The molecule has 1 aromatic heterocycles. The molecule has 0 spiro atoms. The van der Waals surface area contributed by atoms with Gasteiger partial charge in [-0.15, -0.1) is 0 Å². The van der Waals surface area contributed by atoms with Gasteiger partial charge in [-0.2, -0.15) is 0 Å². The minimum Gasteiger partial charge on any atom is -0.497 e. The molecule has 2 aromatic carbocycles. The fourth-order valence-corrected chi connectivity index (χ4v) is 4.57. The first kappa shape index (κ1) is 23.1. The average Bonchev–Trinajstić information content (AvgIpc) is 2.87. The first-order chi connectivity index (χ1) is 16.3. The van der Waals surface area contributed by atoms with Gasteiger partial charge in [0.2, 0.25) is 0 Å². The second-order valence-corrected chi connectivity index (χ2v) is 8.59. The van der Waals surface area contributed by atoms with Crippen LogP contribution in [0.3, 0.4) is 0 Å². The molecule has 1 saturated heterocycles. The molecule has 0 radical (unpaired) electrons. The number of aryl methyl sites for hydroxylation is 1. The standard InChI is InChI=1S/C26H32N6O/c1-33-22-10-11-25-24(19-22)23(12-13-28-25)26(29-30-27)20-32-17-15-31(16-18-32)14-6-5-9-21-7-3-2-4-8-21/h2-4,7-8,10-13,19,26H,5-6,9,14-18,20H2,1H3/t26-/m1/s1. The number of nitrogens with zero attached hydrogens (tertiary/aromatic N) is 6. The Hall–Kier alpha value is -3.12. The quantitative estimate of drug-likeness (QED) is 0.186. The van der Waals surface area contributed by atoms with Gasteiger partial charge in [0.05, 0.1) is 18.7 Å². The summed E-state index contributed by atoms with van der Waals surface area (Å²) < 4.78 is 5.40. The molecule has 0 bridgehead atoms. The molecule has 1 fully saturated rings. The van der Waals surface area contributed by atoms with E-state index in [1.54, 1.807) is 13.3 Å². The van der Waals surface area contributed by atoms with Crippen molar-refractivity contribution in [3.8, 4) is 5.75 Å². The third-order valence-corrected chi connectivity index (χ3v) is 6.46. The van der Waals surface area contributed by atoms with Crippen LogP contribution in [0.2, 0.25) is 0 Å². The number of ether oxygens (including phenoxy) is 1. The molecule has 1 atom stereocenters. The minimum atomic E-state index is -0.259. The first-order valence-corrected chi connectivity index (χ1v) is 11.7. The van der Waals surface area contributed by atoms with Crippen LogP contribution < -0.4 is 4.74 Å². The van der Waals surface area contributed by atoms with Gasteiger partial charge in [0, 0.05) is 49.2 Å². The van der Waals surface area contributed by atoms with Crippen LogP contribution in [0.1, 0.15) is 30.0 Å². The summed E-state index contributed by atoms with van der Waals surface area (Å²) >= 11 is 0. The highest BCUT2D eigenvalue weighted by molar-refractivity contribution is 5.84. The molecule has 0 aliphatic carbocycles. The topological polar surface area (TPSA) is 77.4 Å². The number of methoxy groups -OCH3 is 1. The maximum Gasteiger partial charge on any atom is 0.119 e. The number of pyridine rings is 1. The van der Waals surface area contributed by atoms with Gasteiger partial charge in [-0.25, -0.2) is 0 Å². The van der Waals surface area contributed by atoms with Crippen molar-refractivity contribution in [2.24, 2.45) is 5.11 Å². The van der Waals surface area contributed by atoms with E-state index in [0.717, 1.165) is 61.4 Å². The van der Waals surface area contributed by atoms with E-state index in [0.29, 0.717) is 6.54 Å². The Morgan fingerprint density at radius 1 is 1.03 bits per heavy atom. The summed E-state index contributed by atoms with van der Waals surface area (Å²) in [6.45, 7) is 5.95. The largest absolute Gasteiger partial charge is 0.497 e. The van der Waals surface area contributed by atoms with Crippen molar-refractivity contribution < 1.29 is 4.74 Å². The molecule has 3 aromatic rings. The molecular weight excluding hydrogens is 412 g/mol. The smallest absolute Gasteiger partial charge is 0.119 e. The van der Waals surface area contributed by atoms with Crippen LogP contribution in [0.4, 0.5) is 0 Å². The molecule has 7 nitrogen and oxygen atoms in total. The lowest BCUT2D eigenvalue weighted by Crippen LogP contribution is -2.47. The maximum absolute atomic E-state index is 9.24. The van der Waals surface area contributed by atoms with E-state index in [-0.39, 0.29) is 6.04 Å². The van der Waals surface area contributed by atoms with Crippen LogP contribution in [0, 0.1) is 0 Å². The van der Waals surface area contributed by atoms with Gasteiger partial charge < -0.3 is 14.5 Å². The van der Waals surface area contributed by atoms with Crippen molar-refractivity contribution in [1.82, 2.24) is 14.8 Å². The summed E-state index contributed by atoms with van der Waals surface area (Å²) in [4.78, 5) is 12.6. The van der Waals surface area contributed by atoms with Gasteiger partial charge in [-0.1, -0.05) is 35.4 Å². The molecular formula is C26H32N6O. The number of aromatic nitrogens is 1. The Morgan fingerprint density at radius 3 is 2.58 bits per heavy atom. The second-order valence-electron chi connectivity index (χ2n) is 8.59. The summed E-state index contributed by atoms with van der Waals surface area (Å²) in [6, 6.07) is 18.3. The van der Waals surface area contributed by atoms with Crippen molar-refractivity contribution in [2.45, 2.75) is 25.3 Å². The highest BCUT2D eigenvalue weighted by atomic mass is 16.5. The predicted molar refractivity (Wildman–Crippen MR) is 132 cm³/mol. The second kappa shape index (κ2) is 11.7. The highest BCUT2D eigenvalue weighted by Gasteiger charge is 2.22. The lowest BCUT2D eigenvalue weighted by atomic mass is 10.0. The lowest BCUT2D eigenvalue weighted by Gasteiger charge is -2.36. The number of piperazine rings is 1. The summed E-state index contributed by atoms with van der Waals surface area (Å²) in [5.41, 5.74) is 12.5. The van der Waals surface area contributed by atoms with E-state index in [1.807, 2.05) is 24.3 Å². The van der Waals surface area contributed by atoms with E-state index in [1.165, 1.54) is 18.4 Å². The Morgan fingerprint density at radius 2 is 1.82 bits per heavy atom. The van der Waals surface area contributed by atoms with Gasteiger partial charge in [0.25, 0.3) is 0 Å². The fourth-order valence-electron chi connectivity index (χ4n) is 4.57. The molecule has 0 N–H and O–H groups in total. The molecule has 0 amide bonds. The van der Waals surface area contributed by atoms with Gasteiger partial charge in [0.15, 0.2) is 0 Å². The first-order valence-electron chi connectivity index (χ1n) is 11.7. The van der Waals surface area contributed by atoms with Crippen LogP contribution in [0.5, 0.6) is 5.75 Å². The molecule has 1 aliphatic heterocycles. The van der Waals surface area contributed by atoms with Crippen LogP contribution in [0.25, 0.3) is 21.3 Å². The van der Waals surface area contributed by atoms with E-state index < -0.39 is 0 Å². The molecule has 0 unspecified atom stereocenters. The fraction of sp³-hybridized carbons (Fsp3) is 0.423. The number of azide groups is 1. The van der Waals surface area contributed by atoms with E-state index in [9.17, 15) is 5.53 Å². The Balaban J connectivity index is 1.31. The maximum atomic E-state index is 9.24. The molecule has 7 heteroatoms. The highest BCUT2D eigenvalue weighted by Crippen LogP contribution is 2.29. The molecule has 33 heavy (non-hydrogen) atoms. The Kier molecular flexibility index (Phi) is 8.14. The number of hydrogen-bond acceptors (Lipinski definition) is 5. The molecule has 0 saturated carbocycles. The zero-order valence-corrected chi connectivity index (χ0v) is 19.3. The van der Waals surface area contributed by atoms with Crippen molar-refractivity contribution in [1.29, 1.82) is 0 Å². The van der Waals surface area contributed by atoms with Crippen molar-refractivity contribution >= 4 is 10.9 Å². The van der Waals surface area contributed by atoms with Crippen molar-refractivity contribution in [3.05, 3.63) is 82.4 Å². The van der Waals surface area contributed by atoms with E-state index in [2.05, 4.69) is 55.1 Å². The van der Waals surface area contributed by atoms with Crippen LogP contribution in [-0.2, 0) is 6.42 Å². The molecule has 1 aliphatic rings. The van der Waals surface area contributed by atoms with Crippen molar-refractivity contribution in [3.63, 3.8) is 0 Å². The average molecular weight is 445 g/mol. The summed E-state index contributed by atoms with van der Waals surface area (Å²) in [6.07, 6.45) is 5.39. The number of benzene rings is 2. The third kappa shape index (κ3) is 6.23. The van der Waals surface area contributed by atoms with Gasteiger partial charge in [-0.3, -0.25) is 4.98 Å². The predicted octanol–water partition coefficient (Wildman–Crippen LogP) is 5.24. The SMILES string of the molecule is COc1ccc2nccc([C@@H](CN3CCN(CCCCc4ccccc4)CC3)N=[N+]=[N-])c2c1. The Bertz CT molecular complexity index is 1070. The van der Waals surface area contributed by atoms with E-state index >= 15 is 0 Å². The van der Waals surface area contributed by atoms with Crippen LogP contribution in [0.15, 0.2) is 65.9 Å². The van der Waals surface area contributed by atoms with Gasteiger partial charge in [0.1, 0.15) is 5.75 Å². The van der Waals surface area contributed by atoms with Gasteiger partial charge >= 0.3 is 0 Å². The van der Waals surface area contributed by atoms with Crippen LogP contribution >= 0.6 is 0 Å². The molecule has 172 valence electrons. The number of rotatable bonds is 10. The summed E-state index contributed by atoms with van der Waals surface area (Å²) in [5, 5.41) is 5.14. The number of unbranched alkanes of at least 4 members (excludes halogenated alkanes) is 1. The van der Waals surface area contributed by atoms with Gasteiger partial charge in [-0.05, 0) is 66.7 Å². The normalized spacial score (nSPS) is 15.8. The third-order valence-electron chi connectivity index (χ3n) is 6.46. The molecule has 2 heterocycles. The van der Waals surface area contributed by atoms with E-state index in [4.69, 9.17) is 4.74 Å². The number of fused-ring (bicyclic) bond motifs is 1. The lowest BCUT2D eigenvalue weighted by molar-refractivity contribution is 0.126. The number of hydrogen-bond donors (Lipinski definition) is 0. The Labute approximate surface area is 195 Å². The van der Waals surface area contributed by atoms with Crippen LogP contribution in [-0.4, -0.2) is 61.2 Å². The summed E-state index contributed by atoms with van der Waals surface area (Å²) in [7, 11) is 1.66. The summed E-state index contributed by atoms with van der Waals surface area (Å²) in [5.74, 6) is 0.775. The zero-order chi connectivity index (χ0) is 22.9. The molecule has 4 rings (SSSR count). The monoisotopic (exact) mass is 444 g/mol. The minimum absolute atomic E-state index is 0.259.